The van der Waals surface area contributed by atoms with E-state index in [9.17, 15) is 4.79 Å². The molecule has 3 aromatic rings. The number of nitrogens with one attached hydrogen (secondary N) is 1. The molecule has 0 unspecified atom stereocenters. The molecule has 0 radical (unpaired) electrons. The van der Waals surface area contributed by atoms with Gasteiger partial charge in [-0.05, 0) is 61.0 Å². The number of ether oxygens (including phenoxy) is 1. The summed E-state index contributed by atoms with van der Waals surface area (Å²) in [5.74, 6) is 0.683. The van der Waals surface area contributed by atoms with Crippen molar-refractivity contribution >= 4 is 17.3 Å². The quantitative estimate of drug-likeness (QED) is 0.771. The lowest BCUT2D eigenvalue weighted by atomic mass is 10.2. The standard InChI is InChI=1S/C21H19N3O2/c1-14-5-3-6-15(13-14)23-20-19-18(7-4-12-22-19)21(25)24(20)16-8-10-17(26-2)11-9-16/h3-13,20,23H,1-2H3/t20-/m1/s1. The summed E-state index contributed by atoms with van der Waals surface area (Å²) in [5, 5.41) is 3.46. The van der Waals surface area contributed by atoms with E-state index in [-0.39, 0.29) is 12.1 Å². The zero-order valence-electron chi connectivity index (χ0n) is 14.6. The number of nitrogens with zero attached hydrogens (tertiary/aromatic N) is 2. The predicted molar refractivity (Wildman–Crippen MR) is 102 cm³/mol. The van der Waals surface area contributed by atoms with Crippen molar-refractivity contribution < 1.29 is 9.53 Å². The van der Waals surface area contributed by atoms with Gasteiger partial charge in [-0.2, -0.15) is 0 Å². The number of benzene rings is 2. The third kappa shape index (κ3) is 2.77. The number of pyridine rings is 1. The zero-order valence-corrected chi connectivity index (χ0v) is 14.6. The Morgan fingerprint density at radius 3 is 2.62 bits per heavy atom. The summed E-state index contributed by atoms with van der Waals surface area (Å²) in [6, 6.07) is 19.1. The molecule has 0 saturated carbocycles. The SMILES string of the molecule is COc1ccc(N2C(=O)c3cccnc3[C@@H]2Nc2cccc(C)c2)cc1. The number of methoxy groups -OCH3 is 1. The first-order chi connectivity index (χ1) is 12.7. The molecule has 4 rings (SSSR count). The maximum atomic E-state index is 13.0. The van der Waals surface area contributed by atoms with Gasteiger partial charge in [0.05, 0.1) is 18.4 Å². The molecule has 0 saturated heterocycles. The van der Waals surface area contributed by atoms with Gasteiger partial charge in [0.2, 0.25) is 0 Å². The van der Waals surface area contributed by atoms with Crippen molar-refractivity contribution in [3.05, 3.63) is 83.7 Å². The van der Waals surface area contributed by atoms with Gasteiger partial charge >= 0.3 is 0 Å². The maximum absolute atomic E-state index is 13.0. The number of carbonyl (C=O) groups is 1. The van der Waals surface area contributed by atoms with E-state index in [4.69, 9.17) is 4.74 Å². The lowest BCUT2D eigenvalue weighted by Gasteiger charge is -2.26. The molecule has 1 aliphatic heterocycles. The van der Waals surface area contributed by atoms with Crippen molar-refractivity contribution in [1.82, 2.24) is 4.98 Å². The summed E-state index contributed by atoms with van der Waals surface area (Å²) in [6.07, 6.45) is 1.35. The van der Waals surface area contributed by atoms with E-state index >= 15 is 0 Å². The molecule has 2 heterocycles. The summed E-state index contributed by atoms with van der Waals surface area (Å²) >= 11 is 0. The second kappa shape index (κ2) is 6.52. The van der Waals surface area contributed by atoms with Gasteiger partial charge in [0.1, 0.15) is 5.75 Å². The summed E-state index contributed by atoms with van der Waals surface area (Å²) in [7, 11) is 1.62. The van der Waals surface area contributed by atoms with Crippen LogP contribution in [0.2, 0.25) is 0 Å². The molecule has 5 nitrogen and oxygen atoms in total. The van der Waals surface area contributed by atoms with Crippen molar-refractivity contribution in [3.63, 3.8) is 0 Å². The number of anilines is 2. The smallest absolute Gasteiger partial charge is 0.262 e. The monoisotopic (exact) mass is 345 g/mol. The minimum Gasteiger partial charge on any atom is -0.497 e. The van der Waals surface area contributed by atoms with Crippen LogP contribution in [0.3, 0.4) is 0 Å². The van der Waals surface area contributed by atoms with Crippen LogP contribution in [0.4, 0.5) is 11.4 Å². The Balaban J connectivity index is 1.76. The van der Waals surface area contributed by atoms with Crippen LogP contribution in [0.1, 0.15) is 27.8 Å². The minimum absolute atomic E-state index is 0.0663. The zero-order chi connectivity index (χ0) is 18.1. The van der Waals surface area contributed by atoms with Crippen LogP contribution in [-0.4, -0.2) is 18.0 Å². The van der Waals surface area contributed by atoms with Crippen LogP contribution in [0.5, 0.6) is 5.75 Å². The van der Waals surface area contributed by atoms with Crippen molar-refractivity contribution in [2.24, 2.45) is 0 Å². The van der Waals surface area contributed by atoms with Gasteiger partial charge in [0.25, 0.3) is 5.91 Å². The van der Waals surface area contributed by atoms with E-state index in [2.05, 4.69) is 16.4 Å². The minimum atomic E-state index is -0.367. The molecular weight excluding hydrogens is 326 g/mol. The van der Waals surface area contributed by atoms with E-state index in [0.29, 0.717) is 5.56 Å². The molecule has 0 aliphatic carbocycles. The molecule has 26 heavy (non-hydrogen) atoms. The molecule has 5 heteroatoms. The van der Waals surface area contributed by atoms with Gasteiger partial charge in [-0.3, -0.25) is 14.7 Å². The first-order valence-electron chi connectivity index (χ1n) is 8.43. The summed E-state index contributed by atoms with van der Waals surface area (Å²) < 4.78 is 5.22. The van der Waals surface area contributed by atoms with E-state index in [0.717, 1.165) is 28.4 Å². The molecular formula is C21H19N3O2. The average molecular weight is 345 g/mol. The molecule has 0 fully saturated rings. The fourth-order valence-corrected chi connectivity index (χ4v) is 3.22. The number of rotatable bonds is 4. The molecule has 1 amide bonds. The van der Waals surface area contributed by atoms with Crippen molar-refractivity contribution in [1.29, 1.82) is 0 Å². The van der Waals surface area contributed by atoms with Crippen LogP contribution >= 0.6 is 0 Å². The lowest BCUT2D eigenvalue weighted by molar-refractivity contribution is 0.0993. The third-order valence-corrected chi connectivity index (χ3v) is 4.48. The molecule has 1 N–H and O–H groups in total. The highest BCUT2D eigenvalue weighted by Gasteiger charge is 2.38. The van der Waals surface area contributed by atoms with E-state index in [1.54, 1.807) is 24.3 Å². The van der Waals surface area contributed by atoms with Crippen LogP contribution < -0.4 is 15.0 Å². The van der Waals surface area contributed by atoms with Crippen molar-refractivity contribution in [2.45, 2.75) is 13.1 Å². The van der Waals surface area contributed by atoms with E-state index in [1.807, 2.05) is 55.5 Å². The van der Waals surface area contributed by atoms with Gasteiger partial charge in [0, 0.05) is 17.6 Å². The number of aromatic nitrogens is 1. The Morgan fingerprint density at radius 1 is 1.08 bits per heavy atom. The second-order valence-corrected chi connectivity index (χ2v) is 6.23. The Morgan fingerprint density at radius 2 is 1.88 bits per heavy atom. The maximum Gasteiger partial charge on any atom is 0.262 e. The summed E-state index contributed by atoms with van der Waals surface area (Å²) in [4.78, 5) is 19.2. The summed E-state index contributed by atoms with van der Waals surface area (Å²) in [6.45, 7) is 2.04. The summed E-state index contributed by atoms with van der Waals surface area (Å²) in [5.41, 5.74) is 4.23. The van der Waals surface area contributed by atoms with Gasteiger partial charge < -0.3 is 10.1 Å². The van der Waals surface area contributed by atoms with Crippen molar-refractivity contribution in [3.8, 4) is 5.75 Å². The Labute approximate surface area is 152 Å². The number of amides is 1. The predicted octanol–water partition coefficient (Wildman–Crippen LogP) is 4.17. The van der Waals surface area contributed by atoms with Crippen LogP contribution in [-0.2, 0) is 0 Å². The first-order valence-corrected chi connectivity index (χ1v) is 8.43. The topological polar surface area (TPSA) is 54.5 Å². The van der Waals surface area contributed by atoms with E-state index in [1.165, 1.54) is 0 Å². The Bertz CT molecular complexity index is 953. The first kappa shape index (κ1) is 16.1. The molecule has 0 spiro atoms. The van der Waals surface area contributed by atoms with Crippen molar-refractivity contribution in [2.75, 3.05) is 17.3 Å². The molecule has 1 aromatic heterocycles. The number of carbonyl (C=O) groups excluding carboxylic acids is 1. The molecule has 0 bridgehead atoms. The number of hydrogen-bond donors (Lipinski definition) is 1. The lowest BCUT2D eigenvalue weighted by Crippen LogP contribution is -2.32. The highest BCUT2D eigenvalue weighted by molar-refractivity contribution is 6.11. The average Bonchev–Trinajstić information content (AvgIpc) is 2.94. The molecule has 130 valence electrons. The fourth-order valence-electron chi connectivity index (χ4n) is 3.22. The Kier molecular flexibility index (Phi) is 4.05. The normalized spacial score (nSPS) is 15.7. The van der Waals surface area contributed by atoms with Gasteiger partial charge in [0.15, 0.2) is 6.17 Å². The number of aryl methyl sites for hydroxylation is 1. The van der Waals surface area contributed by atoms with E-state index < -0.39 is 0 Å². The molecule has 1 aliphatic rings. The van der Waals surface area contributed by atoms with Crippen LogP contribution in [0.25, 0.3) is 0 Å². The third-order valence-electron chi connectivity index (χ3n) is 4.48. The highest BCUT2D eigenvalue weighted by Crippen LogP contribution is 2.37. The van der Waals surface area contributed by atoms with Crippen LogP contribution in [0.15, 0.2) is 66.9 Å². The van der Waals surface area contributed by atoms with Gasteiger partial charge in [-0.1, -0.05) is 12.1 Å². The molecule has 2 aromatic carbocycles. The Hall–Kier alpha value is -3.34. The van der Waals surface area contributed by atoms with Gasteiger partial charge in [-0.25, -0.2) is 0 Å². The number of fused-ring (bicyclic) bond motifs is 1. The highest BCUT2D eigenvalue weighted by atomic mass is 16.5. The number of hydrogen-bond acceptors (Lipinski definition) is 4. The second-order valence-electron chi connectivity index (χ2n) is 6.23. The van der Waals surface area contributed by atoms with Crippen LogP contribution in [0, 0.1) is 6.92 Å². The van der Waals surface area contributed by atoms with Gasteiger partial charge in [-0.15, -0.1) is 0 Å². The molecule has 1 atom stereocenters. The largest absolute Gasteiger partial charge is 0.497 e. The fraction of sp³-hybridized carbons (Fsp3) is 0.143.